The zero-order chi connectivity index (χ0) is 23.8. The minimum atomic E-state index is -4.04. The molecule has 4 rings (SSSR count). The van der Waals surface area contributed by atoms with Crippen molar-refractivity contribution in [3.05, 3.63) is 59.6 Å². The first kappa shape index (κ1) is 23.7. The van der Waals surface area contributed by atoms with Crippen LogP contribution < -0.4 is 9.62 Å². The molecule has 1 fully saturated rings. The smallest absolute Gasteiger partial charge is 0.264 e. The molecule has 1 aliphatic heterocycles. The first-order valence-corrected chi connectivity index (χ1v) is 12.6. The van der Waals surface area contributed by atoms with E-state index < -0.39 is 21.4 Å². The van der Waals surface area contributed by atoms with Gasteiger partial charge in [-0.15, -0.1) is 10.2 Å². The summed E-state index contributed by atoms with van der Waals surface area (Å²) < 4.78 is 45.5. The highest BCUT2D eigenvalue weighted by Crippen LogP contribution is 2.41. The molecule has 33 heavy (non-hydrogen) atoms. The Balaban J connectivity index is 1.94. The number of piperidine rings is 1. The molecule has 2 aromatic carbocycles. The zero-order valence-corrected chi connectivity index (χ0v) is 20.4. The summed E-state index contributed by atoms with van der Waals surface area (Å²) in [6, 6.07) is 10.8. The second-order valence-corrected chi connectivity index (χ2v) is 11.3. The fraction of sp³-hybridized carbons (Fsp3) is 0.391. The Kier molecular flexibility index (Phi) is 6.48. The van der Waals surface area contributed by atoms with Crippen molar-refractivity contribution in [3.63, 3.8) is 0 Å². The van der Waals surface area contributed by atoms with Crippen LogP contribution in [0, 0.1) is 5.82 Å². The Morgan fingerprint density at radius 1 is 1.21 bits per heavy atom. The van der Waals surface area contributed by atoms with Crippen LogP contribution in [0.5, 0.6) is 0 Å². The Labute approximate surface area is 198 Å². The highest BCUT2D eigenvalue weighted by Gasteiger charge is 2.37. The second-order valence-electron chi connectivity index (χ2n) is 9.10. The van der Waals surface area contributed by atoms with Crippen molar-refractivity contribution in [2.24, 2.45) is 0 Å². The molecule has 1 saturated heterocycles. The summed E-state index contributed by atoms with van der Waals surface area (Å²) in [5.41, 5.74) is -0.355. The van der Waals surface area contributed by atoms with Gasteiger partial charge in [0.2, 0.25) is 0 Å². The molecule has 2 heterocycles. The SMILES string of the molecule is CC(C)(C)N(c1cc(F)c(Cl)cc1-c1nncn1[C@H]1CCCNC1)S(=O)(=O)c1ccccc1. The van der Waals surface area contributed by atoms with E-state index in [1.807, 2.05) is 4.57 Å². The first-order chi connectivity index (χ1) is 15.6. The minimum Gasteiger partial charge on any atom is -0.315 e. The number of aromatic nitrogens is 3. The van der Waals surface area contributed by atoms with Gasteiger partial charge < -0.3 is 9.88 Å². The molecule has 0 unspecified atom stereocenters. The lowest BCUT2D eigenvalue weighted by atomic mass is 10.0. The number of rotatable bonds is 5. The molecule has 3 aromatic rings. The van der Waals surface area contributed by atoms with Crippen molar-refractivity contribution in [1.29, 1.82) is 0 Å². The average molecular weight is 492 g/mol. The number of hydrogen-bond donors (Lipinski definition) is 1. The van der Waals surface area contributed by atoms with E-state index in [9.17, 15) is 12.8 Å². The van der Waals surface area contributed by atoms with E-state index in [-0.39, 0.29) is 21.6 Å². The largest absolute Gasteiger partial charge is 0.315 e. The van der Waals surface area contributed by atoms with Gasteiger partial charge in [0.15, 0.2) is 5.82 Å². The van der Waals surface area contributed by atoms with Crippen LogP contribution >= 0.6 is 11.6 Å². The molecule has 10 heteroatoms. The van der Waals surface area contributed by atoms with Crippen LogP contribution in [0.4, 0.5) is 10.1 Å². The number of anilines is 1. The van der Waals surface area contributed by atoms with Crippen molar-refractivity contribution in [1.82, 2.24) is 20.1 Å². The molecular weight excluding hydrogens is 465 g/mol. The average Bonchev–Trinajstić information content (AvgIpc) is 3.26. The molecule has 0 amide bonds. The van der Waals surface area contributed by atoms with Gasteiger partial charge in [-0.05, 0) is 58.4 Å². The standard InChI is InChI=1S/C23H27ClFN5O2S/c1-23(2,3)30(33(31,32)17-9-5-4-6-10-17)21-13-20(25)19(24)12-18(21)22-28-27-15-29(22)16-8-7-11-26-14-16/h4-6,9-10,12-13,15-16,26H,7-8,11,14H2,1-3H3/t16-/m0/s1. The Morgan fingerprint density at radius 3 is 2.58 bits per heavy atom. The van der Waals surface area contributed by atoms with Crippen molar-refractivity contribution in [3.8, 4) is 11.4 Å². The van der Waals surface area contributed by atoms with Crippen LogP contribution in [-0.4, -0.2) is 41.8 Å². The summed E-state index contributed by atoms with van der Waals surface area (Å²) in [6.45, 7) is 6.97. The molecule has 1 N–H and O–H groups in total. The van der Waals surface area contributed by atoms with E-state index >= 15 is 0 Å². The predicted molar refractivity (Wildman–Crippen MR) is 127 cm³/mol. The lowest BCUT2D eigenvalue weighted by Gasteiger charge is -2.37. The summed E-state index contributed by atoms with van der Waals surface area (Å²) in [7, 11) is -4.04. The van der Waals surface area contributed by atoms with Crippen LogP contribution in [-0.2, 0) is 10.0 Å². The van der Waals surface area contributed by atoms with Gasteiger partial charge in [-0.1, -0.05) is 29.8 Å². The Hall–Kier alpha value is -2.49. The molecule has 0 spiro atoms. The fourth-order valence-corrected chi connectivity index (χ4v) is 6.21. The maximum atomic E-state index is 14.8. The third-order valence-corrected chi connectivity index (χ3v) is 8.01. The fourth-order valence-electron chi connectivity index (χ4n) is 4.21. The highest BCUT2D eigenvalue weighted by atomic mass is 35.5. The van der Waals surface area contributed by atoms with Crippen molar-refractivity contribution >= 4 is 27.3 Å². The van der Waals surface area contributed by atoms with Gasteiger partial charge in [-0.25, -0.2) is 12.8 Å². The van der Waals surface area contributed by atoms with E-state index in [1.165, 1.54) is 28.6 Å². The summed E-state index contributed by atoms with van der Waals surface area (Å²) in [5, 5.41) is 11.6. The van der Waals surface area contributed by atoms with Crippen LogP contribution in [0.1, 0.15) is 39.7 Å². The minimum absolute atomic E-state index is 0.0919. The van der Waals surface area contributed by atoms with Gasteiger partial charge in [-0.2, -0.15) is 0 Å². The van der Waals surface area contributed by atoms with Crippen LogP contribution in [0.2, 0.25) is 5.02 Å². The molecule has 0 saturated carbocycles. The van der Waals surface area contributed by atoms with E-state index in [1.54, 1.807) is 45.3 Å². The maximum Gasteiger partial charge on any atom is 0.264 e. The summed E-state index contributed by atoms with van der Waals surface area (Å²) in [4.78, 5) is 0.110. The van der Waals surface area contributed by atoms with E-state index in [0.717, 1.165) is 25.9 Å². The molecular formula is C23H27ClFN5O2S. The molecule has 0 aliphatic carbocycles. The number of halogens is 2. The lowest BCUT2D eigenvalue weighted by molar-refractivity contribution is 0.373. The topological polar surface area (TPSA) is 80.1 Å². The van der Waals surface area contributed by atoms with Gasteiger partial charge in [0.25, 0.3) is 10.0 Å². The molecule has 176 valence electrons. The number of nitrogens with one attached hydrogen (secondary N) is 1. The maximum absolute atomic E-state index is 14.8. The molecule has 0 bridgehead atoms. The molecule has 1 atom stereocenters. The molecule has 1 aromatic heterocycles. The van der Waals surface area contributed by atoms with E-state index in [4.69, 9.17) is 11.6 Å². The number of nitrogens with zero attached hydrogens (tertiary/aromatic N) is 4. The predicted octanol–water partition coefficient (Wildman–Crippen LogP) is 4.66. The third kappa shape index (κ3) is 4.62. The normalized spacial score (nSPS) is 17.2. The van der Waals surface area contributed by atoms with Crippen molar-refractivity contribution < 1.29 is 12.8 Å². The quantitative estimate of drug-likeness (QED) is 0.561. The number of hydrogen-bond acceptors (Lipinski definition) is 5. The monoisotopic (exact) mass is 491 g/mol. The third-order valence-electron chi connectivity index (χ3n) is 5.63. The van der Waals surface area contributed by atoms with Gasteiger partial charge >= 0.3 is 0 Å². The Morgan fingerprint density at radius 2 is 1.94 bits per heavy atom. The van der Waals surface area contributed by atoms with E-state index in [0.29, 0.717) is 11.4 Å². The zero-order valence-electron chi connectivity index (χ0n) is 18.8. The van der Waals surface area contributed by atoms with Gasteiger partial charge in [-0.3, -0.25) is 4.31 Å². The summed E-state index contributed by atoms with van der Waals surface area (Å²) in [5.74, 6) is -0.267. The van der Waals surface area contributed by atoms with Crippen LogP contribution in [0.3, 0.4) is 0 Å². The lowest BCUT2D eigenvalue weighted by Crippen LogP contribution is -2.46. The first-order valence-electron chi connectivity index (χ1n) is 10.8. The second kappa shape index (κ2) is 9.04. The number of sulfonamides is 1. The molecule has 7 nitrogen and oxygen atoms in total. The highest BCUT2D eigenvalue weighted by molar-refractivity contribution is 7.93. The van der Waals surface area contributed by atoms with Crippen LogP contribution in [0.25, 0.3) is 11.4 Å². The van der Waals surface area contributed by atoms with Gasteiger partial charge in [0.1, 0.15) is 12.1 Å². The van der Waals surface area contributed by atoms with E-state index in [2.05, 4.69) is 15.5 Å². The van der Waals surface area contributed by atoms with Crippen LogP contribution in [0.15, 0.2) is 53.7 Å². The Bertz CT molecular complexity index is 1240. The number of benzene rings is 2. The van der Waals surface area contributed by atoms with Gasteiger partial charge in [0, 0.05) is 29.8 Å². The summed E-state index contributed by atoms with van der Waals surface area (Å²) >= 11 is 6.18. The summed E-state index contributed by atoms with van der Waals surface area (Å²) in [6.07, 6.45) is 3.55. The molecule has 0 radical (unpaired) electrons. The molecule has 1 aliphatic rings. The van der Waals surface area contributed by atoms with Gasteiger partial charge in [0.05, 0.1) is 15.6 Å². The van der Waals surface area contributed by atoms with Crippen molar-refractivity contribution in [2.75, 3.05) is 17.4 Å². The van der Waals surface area contributed by atoms with Crippen molar-refractivity contribution in [2.45, 2.75) is 50.1 Å².